The van der Waals surface area contributed by atoms with Crippen molar-refractivity contribution in [2.75, 3.05) is 5.75 Å². The fourth-order valence-corrected chi connectivity index (χ4v) is 2.51. The van der Waals surface area contributed by atoms with E-state index in [4.69, 9.17) is 5.11 Å². The number of carboxylic acid groups (broad SMARTS) is 1. The van der Waals surface area contributed by atoms with E-state index in [2.05, 4.69) is 5.32 Å². The van der Waals surface area contributed by atoms with Crippen molar-refractivity contribution < 1.29 is 23.5 Å². The Morgan fingerprint density at radius 3 is 2.62 bits per heavy atom. The quantitative estimate of drug-likeness (QED) is 0.724. The molecule has 0 fully saturated rings. The number of carboxylic acids is 1. The molecule has 0 aromatic heterocycles. The van der Waals surface area contributed by atoms with Crippen LogP contribution in [0.4, 0.5) is 8.78 Å². The van der Waals surface area contributed by atoms with Crippen molar-refractivity contribution in [2.24, 2.45) is 0 Å². The molecule has 116 valence electrons. The highest BCUT2D eigenvalue weighted by Gasteiger charge is 2.13. The lowest BCUT2D eigenvalue weighted by atomic mass is 10.1. The molecule has 0 bridgehead atoms. The average molecular weight is 317 g/mol. The second kappa shape index (κ2) is 8.61. The van der Waals surface area contributed by atoms with Crippen LogP contribution in [-0.4, -0.2) is 28.8 Å². The summed E-state index contributed by atoms with van der Waals surface area (Å²) in [5, 5.41) is 11.3. The summed E-state index contributed by atoms with van der Waals surface area (Å²) in [4.78, 5) is 22.8. The van der Waals surface area contributed by atoms with E-state index < -0.39 is 17.6 Å². The average Bonchev–Trinajstić information content (AvgIpc) is 2.41. The molecule has 2 N–H and O–H groups in total. The van der Waals surface area contributed by atoms with Gasteiger partial charge in [-0.25, -0.2) is 8.78 Å². The van der Waals surface area contributed by atoms with Crippen molar-refractivity contribution in [3.8, 4) is 0 Å². The van der Waals surface area contributed by atoms with Gasteiger partial charge < -0.3 is 10.4 Å². The molecule has 0 aliphatic rings. The van der Waals surface area contributed by atoms with E-state index in [9.17, 15) is 18.4 Å². The largest absolute Gasteiger partial charge is 0.481 e. The van der Waals surface area contributed by atoms with Crippen LogP contribution in [0.2, 0.25) is 0 Å². The van der Waals surface area contributed by atoms with Gasteiger partial charge in [0.2, 0.25) is 5.91 Å². The number of hydrogen-bond donors (Lipinski definition) is 2. The van der Waals surface area contributed by atoms with E-state index in [-0.39, 0.29) is 24.8 Å². The number of aliphatic carboxylic acids is 1. The number of thioether (sulfide) groups is 1. The predicted molar refractivity (Wildman–Crippen MR) is 76.2 cm³/mol. The van der Waals surface area contributed by atoms with Gasteiger partial charge in [0, 0.05) is 23.1 Å². The van der Waals surface area contributed by atoms with Gasteiger partial charge in [-0.3, -0.25) is 9.59 Å². The number of carbonyl (C=O) groups is 2. The van der Waals surface area contributed by atoms with Crippen LogP contribution in [0, 0.1) is 11.6 Å². The Balaban J connectivity index is 2.35. The zero-order chi connectivity index (χ0) is 15.8. The van der Waals surface area contributed by atoms with Gasteiger partial charge in [0.1, 0.15) is 0 Å². The summed E-state index contributed by atoms with van der Waals surface area (Å²) in [7, 11) is 0. The molecule has 0 saturated heterocycles. The van der Waals surface area contributed by atoms with Crippen molar-refractivity contribution in [1.29, 1.82) is 0 Å². The first kappa shape index (κ1) is 17.4. The molecule has 1 atom stereocenters. The minimum atomic E-state index is -0.960. The first-order valence-electron chi connectivity index (χ1n) is 6.51. The molecule has 1 unspecified atom stereocenters. The molecule has 1 amide bonds. The van der Waals surface area contributed by atoms with Crippen LogP contribution >= 0.6 is 11.8 Å². The Bertz CT molecular complexity index is 511. The first-order valence-corrected chi connectivity index (χ1v) is 7.50. The van der Waals surface area contributed by atoms with Crippen molar-refractivity contribution in [1.82, 2.24) is 5.32 Å². The van der Waals surface area contributed by atoms with Crippen LogP contribution in [0.15, 0.2) is 23.1 Å². The number of benzene rings is 1. The first-order chi connectivity index (χ1) is 9.92. The fraction of sp³-hybridized carbons (Fsp3) is 0.429. The molecule has 7 heteroatoms. The zero-order valence-corrected chi connectivity index (χ0v) is 12.4. The summed E-state index contributed by atoms with van der Waals surface area (Å²) in [5.74, 6) is -2.63. The topological polar surface area (TPSA) is 66.4 Å². The van der Waals surface area contributed by atoms with Gasteiger partial charge in [-0.1, -0.05) is 6.92 Å². The van der Waals surface area contributed by atoms with Crippen LogP contribution < -0.4 is 5.32 Å². The van der Waals surface area contributed by atoms with Gasteiger partial charge in [-0.15, -0.1) is 11.8 Å². The van der Waals surface area contributed by atoms with Gasteiger partial charge >= 0.3 is 5.97 Å². The Kier molecular flexibility index (Phi) is 7.14. The number of halogens is 2. The lowest BCUT2D eigenvalue weighted by Crippen LogP contribution is -2.36. The van der Waals surface area contributed by atoms with Gasteiger partial charge in [-0.05, 0) is 24.6 Å². The lowest BCUT2D eigenvalue weighted by Gasteiger charge is -2.14. The van der Waals surface area contributed by atoms with Gasteiger partial charge in [-0.2, -0.15) is 0 Å². The Morgan fingerprint density at radius 1 is 1.33 bits per heavy atom. The van der Waals surface area contributed by atoms with Crippen LogP contribution in [0.1, 0.15) is 26.2 Å². The molecule has 4 nitrogen and oxygen atoms in total. The third-order valence-electron chi connectivity index (χ3n) is 2.77. The minimum Gasteiger partial charge on any atom is -0.481 e. The molecule has 0 aliphatic heterocycles. The van der Waals surface area contributed by atoms with Crippen molar-refractivity contribution >= 4 is 23.6 Å². The van der Waals surface area contributed by atoms with E-state index >= 15 is 0 Å². The molecule has 0 aliphatic carbocycles. The maximum Gasteiger partial charge on any atom is 0.305 e. The third-order valence-corrected chi connectivity index (χ3v) is 3.76. The lowest BCUT2D eigenvalue weighted by molar-refractivity contribution is -0.137. The van der Waals surface area contributed by atoms with Crippen LogP contribution in [0.25, 0.3) is 0 Å². The Labute approximate surface area is 125 Å². The number of carbonyl (C=O) groups excluding carboxylic acids is 1. The summed E-state index contributed by atoms with van der Waals surface area (Å²) in [6, 6.07) is 3.18. The van der Waals surface area contributed by atoms with E-state index in [1.165, 1.54) is 17.8 Å². The molecule has 1 aromatic rings. The van der Waals surface area contributed by atoms with Crippen molar-refractivity contribution in [3.63, 3.8) is 0 Å². The summed E-state index contributed by atoms with van der Waals surface area (Å²) < 4.78 is 25.7. The molecule has 0 heterocycles. The molecule has 0 spiro atoms. The third kappa shape index (κ3) is 6.57. The SMILES string of the molecule is CCC(CC(=O)O)NC(=O)CCSc1ccc(F)c(F)c1. The van der Waals surface area contributed by atoms with E-state index in [0.29, 0.717) is 17.1 Å². The molecule has 1 aromatic carbocycles. The summed E-state index contributed by atoms with van der Waals surface area (Å²) >= 11 is 1.24. The van der Waals surface area contributed by atoms with Crippen molar-refractivity contribution in [3.05, 3.63) is 29.8 Å². The summed E-state index contributed by atoms with van der Waals surface area (Å²) in [5.41, 5.74) is 0. The molecular weight excluding hydrogens is 300 g/mol. The molecular formula is C14H17F2NO3S. The second-order valence-corrected chi connectivity index (χ2v) is 5.61. The maximum atomic E-state index is 13.0. The van der Waals surface area contributed by atoms with E-state index in [1.54, 1.807) is 6.92 Å². The van der Waals surface area contributed by atoms with Gasteiger partial charge in [0.25, 0.3) is 0 Å². The predicted octanol–water partition coefficient (Wildman–Crippen LogP) is 2.82. The van der Waals surface area contributed by atoms with Gasteiger partial charge in [0.15, 0.2) is 11.6 Å². The highest BCUT2D eigenvalue weighted by Crippen LogP contribution is 2.21. The van der Waals surface area contributed by atoms with Crippen LogP contribution in [0.5, 0.6) is 0 Å². The Hall–Kier alpha value is -1.63. The van der Waals surface area contributed by atoms with E-state index in [0.717, 1.165) is 12.1 Å². The minimum absolute atomic E-state index is 0.113. The van der Waals surface area contributed by atoms with Crippen LogP contribution in [-0.2, 0) is 9.59 Å². The molecule has 21 heavy (non-hydrogen) atoms. The normalized spacial score (nSPS) is 12.0. The zero-order valence-electron chi connectivity index (χ0n) is 11.6. The van der Waals surface area contributed by atoms with Crippen LogP contribution in [0.3, 0.4) is 0 Å². The second-order valence-electron chi connectivity index (χ2n) is 4.44. The molecule has 0 saturated carbocycles. The number of hydrogen-bond acceptors (Lipinski definition) is 3. The monoisotopic (exact) mass is 317 g/mol. The highest BCUT2D eigenvalue weighted by atomic mass is 32.2. The fourth-order valence-electron chi connectivity index (χ4n) is 1.64. The number of amides is 1. The van der Waals surface area contributed by atoms with Gasteiger partial charge in [0.05, 0.1) is 6.42 Å². The molecule has 1 rings (SSSR count). The maximum absolute atomic E-state index is 13.0. The summed E-state index contributed by atoms with van der Waals surface area (Å²) in [6.07, 6.45) is 0.604. The standard InChI is InChI=1S/C14H17F2NO3S/c1-2-9(7-14(19)20)17-13(18)5-6-21-10-3-4-11(15)12(16)8-10/h3-4,8-9H,2,5-7H2,1H3,(H,17,18)(H,19,20). The smallest absolute Gasteiger partial charge is 0.305 e. The number of nitrogens with one attached hydrogen (secondary N) is 1. The van der Waals surface area contributed by atoms with E-state index in [1.807, 2.05) is 0 Å². The Morgan fingerprint density at radius 2 is 2.05 bits per heavy atom. The van der Waals surface area contributed by atoms with Crippen molar-refractivity contribution in [2.45, 2.75) is 37.1 Å². The number of rotatable bonds is 8. The summed E-state index contributed by atoms with van der Waals surface area (Å²) in [6.45, 7) is 1.80. The highest BCUT2D eigenvalue weighted by molar-refractivity contribution is 7.99. The molecule has 0 radical (unpaired) electrons.